The third-order valence-electron chi connectivity index (χ3n) is 3.14. The van der Waals surface area contributed by atoms with E-state index in [0.717, 1.165) is 32.5 Å². The summed E-state index contributed by atoms with van der Waals surface area (Å²) in [4.78, 5) is 2.49. The van der Waals surface area contributed by atoms with Crippen LogP contribution in [0.4, 0.5) is 0 Å². The maximum Gasteiger partial charge on any atom is 0.0226 e. The first kappa shape index (κ1) is 11.6. The number of hydrogen-bond donors (Lipinski definition) is 1. The fourth-order valence-corrected chi connectivity index (χ4v) is 2.45. The fourth-order valence-electron chi connectivity index (χ4n) is 2.45. The molecule has 1 aliphatic rings. The minimum absolute atomic E-state index is 0.0868. The van der Waals surface area contributed by atoms with Crippen molar-refractivity contribution in [1.29, 1.82) is 0 Å². The molecule has 2 heteroatoms. The van der Waals surface area contributed by atoms with Gasteiger partial charge in [0.1, 0.15) is 0 Å². The van der Waals surface area contributed by atoms with Crippen molar-refractivity contribution < 1.29 is 0 Å². The van der Waals surface area contributed by atoms with E-state index >= 15 is 0 Å². The normalized spacial score (nSPS) is 17.9. The summed E-state index contributed by atoms with van der Waals surface area (Å²) < 4.78 is 0. The van der Waals surface area contributed by atoms with Gasteiger partial charge in [0.2, 0.25) is 0 Å². The zero-order chi connectivity index (χ0) is 11.6. The average Bonchev–Trinajstić information content (AvgIpc) is 2.39. The first-order valence-corrected chi connectivity index (χ1v) is 6.13. The van der Waals surface area contributed by atoms with Gasteiger partial charge in [-0.05, 0) is 37.8 Å². The summed E-state index contributed by atoms with van der Waals surface area (Å²) in [5.74, 6) is 0. The second-order valence-corrected chi connectivity index (χ2v) is 5.53. The number of hydrogen-bond acceptors (Lipinski definition) is 2. The highest BCUT2D eigenvalue weighted by Crippen LogP contribution is 2.16. The van der Waals surface area contributed by atoms with Gasteiger partial charge in [-0.3, -0.25) is 0 Å². The van der Waals surface area contributed by atoms with E-state index in [1.54, 1.807) is 0 Å². The topological polar surface area (TPSA) is 29.3 Å². The molecular weight excluding hydrogens is 196 g/mol. The van der Waals surface area contributed by atoms with Gasteiger partial charge in [0.15, 0.2) is 0 Å². The van der Waals surface area contributed by atoms with Gasteiger partial charge in [-0.15, -0.1) is 0 Å². The summed E-state index contributed by atoms with van der Waals surface area (Å²) in [6.45, 7) is 7.46. The lowest BCUT2D eigenvalue weighted by molar-refractivity contribution is 0.235. The van der Waals surface area contributed by atoms with Crippen LogP contribution >= 0.6 is 0 Å². The molecule has 1 aromatic rings. The van der Waals surface area contributed by atoms with Crippen molar-refractivity contribution in [2.75, 3.05) is 19.6 Å². The van der Waals surface area contributed by atoms with Crippen LogP contribution in [0.5, 0.6) is 0 Å². The van der Waals surface area contributed by atoms with Crippen molar-refractivity contribution in [3.8, 4) is 0 Å². The van der Waals surface area contributed by atoms with E-state index in [4.69, 9.17) is 5.73 Å². The summed E-state index contributed by atoms with van der Waals surface area (Å²) in [5, 5.41) is 0. The van der Waals surface area contributed by atoms with Crippen molar-refractivity contribution in [3.05, 3.63) is 35.4 Å². The van der Waals surface area contributed by atoms with E-state index in [9.17, 15) is 0 Å². The van der Waals surface area contributed by atoms with E-state index in [2.05, 4.69) is 43.0 Å². The van der Waals surface area contributed by atoms with Crippen LogP contribution in [0.1, 0.15) is 25.0 Å². The lowest BCUT2D eigenvalue weighted by atomic mass is 10.0. The van der Waals surface area contributed by atoms with E-state index in [1.807, 2.05) is 0 Å². The van der Waals surface area contributed by atoms with Crippen LogP contribution in [0.3, 0.4) is 0 Å². The number of fused-ring (bicyclic) bond motifs is 1. The Bertz CT molecular complexity index is 325. The zero-order valence-corrected chi connectivity index (χ0v) is 10.4. The van der Waals surface area contributed by atoms with Crippen LogP contribution in [0.2, 0.25) is 0 Å². The molecular formula is C14H22N2. The second kappa shape index (κ2) is 4.56. The molecule has 0 bridgehead atoms. The SMILES string of the molecule is CC(C)(N)CN1CCc2ccccc2CC1. The Balaban J connectivity index is 2.02. The number of rotatable bonds is 2. The highest BCUT2D eigenvalue weighted by molar-refractivity contribution is 5.28. The number of benzene rings is 1. The van der Waals surface area contributed by atoms with Crippen LogP contribution in [0, 0.1) is 0 Å². The molecule has 0 atom stereocenters. The Labute approximate surface area is 98.4 Å². The van der Waals surface area contributed by atoms with Crippen molar-refractivity contribution in [1.82, 2.24) is 4.90 Å². The van der Waals surface area contributed by atoms with Gasteiger partial charge < -0.3 is 10.6 Å². The Hall–Kier alpha value is -0.860. The molecule has 1 aromatic carbocycles. The molecule has 0 amide bonds. The van der Waals surface area contributed by atoms with Crippen LogP contribution < -0.4 is 5.73 Å². The highest BCUT2D eigenvalue weighted by Gasteiger charge is 2.19. The first-order chi connectivity index (χ1) is 7.54. The Kier molecular flexibility index (Phi) is 3.31. The zero-order valence-electron chi connectivity index (χ0n) is 10.4. The predicted octanol–water partition coefficient (Wildman–Crippen LogP) is 1.82. The molecule has 0 saturated heterocycles. The predicted molar refractivity (Wildman–Crippen MR) is 68.6 cm³/mol. The third-order valence-corrected chi connectivity index (χ3v) is 3.14. The molecule has 2 N–H and O–H groups in total. The van der Waals surface area contributed by atoms with Gasteiger partial charge in [0.05, 0.1) is 0 Å². The molecule has 0 spiro atoms. The maximum absolute atomic E-state index is 6.08. The second-order valence-electron chi connectivity index (χ2n) is 5.53. The molecule has 1 heterocycles. The van der Waals surface area contributed by atoms with E-state index in [-0.39, 0.29) is 5.54 Å². The molecule has 0 unspecified atom stereocenters. The molecule has 0 radical (unpaired) electrons. The Morgan fingerprint density at radius 3 is 2.06 bits per heavy atom. The standard InChI is InChI=1S/C14H22N2/c1-14(2,15)11-16-9-7-12-5-3-4-6-13(12)8-10-16/h3-6H,7-11,15H2,1-2H3. The summed E-state index contributed by atoms with van der Waals surface area (Å²) in [6.07, 6.45) is 2.32. The molecule has 0 aromatic heterocycles. The molecule has 88 valence electrons. The van der Waals surface area contributed by atoms with E-state index in [0.29, 0.717) is 0 Å². The van der Waals surface area contributed by atoms with Gasteiger partial charge in [-0.1, -0.05) is 24.3 Å². The van der Waals surface area contributed by atoms with Gasteiger partial charge in [-0.2, -0.15) is 0 Å². The molecule has 2 rings (SSSR count). The van der Waals surface area contributed by atoms with Gasteiger partial charge in [0.25, 0.3) is 0 Å². The number of nitrogens with zero attached hydrogens (tertiary/aromatic N) is 1. The Morgan fingerprint density at radius 1 is 1.12 bits per heavy atom. The van der Waals surface area contributed by atoms with Crippen molar-refractivity contribution in [2.24, 2.45) is 5.73 Å². The fraction of sp³-hybridized carbons (Fsp3) is 0.571. The average molecular weight is 218 g/mol. The monoisotopic (exact) mass is 218 g/mol. The highest BCUT2D eigenvalue weighted by atomic mass is 15.1. The Morgan fingerprint density at radius 2 is 1.62 bits per heavy atom. The molecule has 0 aliphatic carbocycles. The van der Waals surface area contributed by atoms with Crippen LogP contribution in [0.25, 0.3) is 0 Å². The smallest absolute Gasteiger partial charge is 0.0226 e. The molecule has 0 saturated carbocycles. The van der Waals surface area contributed by atoms with E-state index < -0.39 is 0 Å². The first-order valence-electron chi connectivity index (χ1n) is 6.13. The molecule has 0 fully saturated rings. The van der Waals surface area contributed by atoms with Crippen LogP contribution in [-0.2, 0) is 12.8 Å². The quantitative estimate of drug-likeness (QED) is 0.820. The lowest BCUT2D eigenvalue weighted by Crippen LogP contribution is -2.46. The van der Waals surface area contributed by atoms with Crippen molar-refractivity contribution >= 4 is 0 Å². The van der Waals surface area contributed by atoms with E-state index in [1.165, 1.54) is 11.1 Å². The number of nitrogens with two attached hydrogens (primary N) is 1. The van der Waals surface area contributed by atoms with Crippen LogP contribution in [0.15, 0.2) is 24.3 Å². The minimum Gasteiger partial charge on any atom is -0.324 e. The molecule has 2 nitrogen and oxygen atoms in total. The summed E-state index contributed by atoms with van der Waals surface area (Å²) >= 11 is 0. The maximum atomic E-state index is 6.08. The van der Waals surface area contributed by atoms with Gasteiger partial charge in [-0.25, -0.2) is 0 Å². The van der Waals surface area contributed by atoms with Gasteiger partial charge >= 0.3 is 0 Å². The summed E-state index contributed by atoms with van der Waals surface area (Å²) in [5.41, 5.74) is 9.02. The third kappa shape index (κ3) is 3.06. The molecule has 1 aliphatic heterocycles. The summed E-state index contributed by atoms with van der Waals surface area (Å²) in [7, 11) is 0. The lowest BCUT2D eigenvalue weighted by Gasteiger charge is -2.28. The van der Waals surface area contributed by atoms with Crippen molar-refractivity contribution in [2.45, 2.75) is 32.2 Å². The van der Waals surface area contributed by atoms with Crippen LogP contribution in [-0.4, -0.2) is 30.1 Å². The van der Waals surface area contributed by atoms with Crippen molar-refractivity contribution in [3.63, 3.8) is 0 Å². The largest absolute Gasteiger partial charge is 0.324 e. The minimum atomic E-state index is -0.0868. The summed E-state index contributed by atoms with van der Waals surface area (Å²) in [6, 6.07) is 8.79. The molecule has 16 heavy (non-hydrogen) atoms. The van der Waals surface area contributed by atoms with Gasteiger partial charge in [0, 0.05) is 25.2 Å².